The molecule has 1 N–H and O–H groups in total. The lowest BCUT2D eigenvalue weighted by molar-refractivity contribution is 0.0934. The van der Waals surface area contributed by atoms with Crippen molar-refractivity contribution in [2.24, 2.45) is 0 Å². The summed E-state index contributed by atoms with van der Waals surface area (Å²) in [5.41, 5.74) is 2.75. The molecular weight excluding hydrogens is 320 g/mol. The van der Waals surface area contributed by atoms with Crippen molar-refractivity contribution in [3.8, 4) is 0 Å². The Kier molecular flexibility index (Phi) is 6.83. The summed E-state index contributed by atoms with van der Waals surface area (Å²) in [6.07, 6.45) is 0. The van der Waals surface area contributed by atoms with Crippen molar-refractivity contribution in [3.63, 3.8) is 0 Å². The zero-order valence-electron chi connectivity index (χ0n) is 14.6. The first-order chi connectivity index (χ1) is 11.6. The summed E-state index contributed by atoms with van der Waals surface area (Å²) in [5.74, 6) is -0.0442. The average Bonchev–Trinajstić information content (AvgIpc) is 2.59. The normalized spacial score (nSPS) is 12.2. The monoisotopic (exact) mass is 344 g/mol. The van der Waals surface area contributed by atoms with E-state index in [0.717, 1.165) is 34.8 Å². The molecule has 0 aliphatic carbocycles. The van der Waals surface area contributed by atoms with Gasteiger partial charge >= 0.3 is 0 Å². The van der Waals surface area contributed by atoms with E-state index in [-0.39, 0.29) is 11.9 Å². The van der Waals surface area contributed by atoms with Gasteiger partial charge in [-0.3, -0.25) is 9.69 Å². The number of nitrogens with one attached hydrogen (secondary N) is 1. The van der Waals surface area contributed by atoms with Crippen LogP contribution in [-0.2, 0) is 0 Å². The highest BCUT2D eigenvalue weighted by Crippen LogP contribution is 2.27. The Morgan fingerprint density at radius 1 is 1.08 bits per heavy atom. The van der Waals surface area contributed by atoms with Gasteiger partial charge in [0.2, 0.25) is 0 Å². The number of likely N-dealkylation sites (N-methyl/N-ethyl adjacent to an activating group) is 1. The first kappa shape index (κ1) is 18.5. The number of hydrogen-bond acceptors (Lipinski definition) is 2. The molecule has 1 atom stereocenters. The molecular formula is C20H25ClN2O. The molecule has 2 aromatic rings. The molecule has 0 saturated heterocycles. The molecule has 0 bridgehead atoms. The van der Waals surface area contributed by atoms with Gasteiger partial charge in [-0.25, -0.2) is 0 Å². The van der Waals surface area contributed by atoms with Gasteiger partial charge in [-0.1, -0.05) is 61.8 Å². The predicted octanol–water partition coefficient (Wildman–Crippen LogP) is 4.46. The van der Waals surface area contributed by atoms with Gasteiger partial charge in [-0.15, -0.1) is 0 Å². The smallest absolute Gasteiger partial charge is 0.251 e. The fourth-order valence-corrected chi connectivity index (χ4v) is 3.22. The summed E-state index contributed by atoms with van der Waals surface area (Å²) in [5, 5.41) is 3.81. The Bertz CT molecular complexity index is 683. The molecule has 3 nitrogen and oxygen atoms in total. The standard InChI is InChI=1S/C20H25ClN2O/c1-4-23(5-2)19(17-12-8-9-13-18(17)21)14-22-20(24)16-11-7-6-10-15(16)3/h6-13,19H,4-5,14H2,1-3H3,(H,22,24). The van der Waals surface area contributed by atoms with Crippen LogP contribution in [0, 0.1) is 6.92 Å². The summed E-state index contributed by atoms with van der Waals surface area (Å²) in [6.45, 7) is 8.51. The van der Waals surface area contributed by atoms with E-state index in [9.17, 15) is 4.79 Å². The van der Waals surface area contributed by atoms with Crippen molar-refractivity contribution in [1.29, 1.82) is 0 Å². The maximum atomic E-state index is 12.5. The number of aryl methyl sites for hydroxylation is 1. The van der Waals surface area contributed by atoms with Gasteiger partial charge in [0.1, 0.15) is 0 Å². The molecule has 0 heterocycles. The Labute approximate surface area is 149 Å². The Hall–Kier alpha value is -1.84. The lowest BCUT2D eigenvalue weighted by Crippen LogP contribution is -2.38. The van der Waals surface area contributed by atoms with Crippen LogP contribution >= 0.6 is 11.6 Å². The highest BCUT2D eigenvalue weighted by atomic mass is 35.5. The van der Waals surface area contributed by atoms with Crippen molar-refractivity contribution < 1.29 is 4.79 Å². The maximum Gasteiger partial charge on any atom is 0.251 e. The van der Waals surface area contributed by atoms with Crippen LogP contribution in [0.25, 0.3) is 0 Å². The van der Waals surface area contributed by atoms with Crippen LogP contribution in [0.15, 0.2) is 48.5 Å². The van der Waals surface area contributed by atoms with Crippen molar-refractivity contribution in [3.05, 3.63) is 70.2 Å². The molecule has 1 amide bonds. The number of rotatable bonds is 7. The van der Waals surface area contributed by atoms with Crippen LogP contribution in [0.3, 0.4) is 0 Å². The third-order valence-electron chi connectivity index (χ3n) is 4.36. The van der Waals surface area contributed by atoms with E-state index in [4.69, 9.17) is 11.6 Å². The quantitative estimate of drug-likeness (QED) is 0.804. The highest BCUT2D eigenvalue weighted by molar-refractivity contribution is 6.31. The topological polar surface area (TPSA) is 32.3 Å². The second kappa shape index (κ2) is 8.86. The second-order valence-electron chi connectivity index (χ2n) is 5.78. The third-order valence-corrected chi connectivity index (χ3v) is 4.71. The van der Waals surface area contributed by atoms with Crippen molar-refractivity contribution in [2.45, 2.75) is 26.8 Å². The first-order valence-electron chi connectivity index (χ1n) is 8.40. The summed E-state index contributed by atoms with van der Waals surface area (Å²) in [7, 11) is 0. The SMILES string of the molecule is CCN(CC)C(CNC(=O)c1ccccc1C)c1ccccc1Cl. The number of amides is 1. The zero-order valence-corrected chi connectivity index (χ0v) is 15.3. The highest BCUT2D eigenvalue weighted by Gasteiger charge is 2.21. The second-order valence-corrected chi connectivity index (χ2v) is 6.19. The van der Waals surface area contributed by atoms with Crippen LogP contribution in [0.4, 0.5) is 0 Å². The minimum Gasteiger partial charge on any atom is -0.350 e. The molecule has 0 saturated carbocycles. The van der Waals surface area contributed by atoms with E-state index in [1.807, 2.05) is 55.5 Å². The first-order valence-corrected chi connectivity index (χ1v) is 8.78. The van der Waals surface area contributed by atoms with E-state index in [0.29, 0.717) is 6.54 Å². The molecule has 2 rings (SSSR count). The Morgan fingerprint density at radius 2 is 1.71 bits per heavy atom. The maximum absolute atomic E-state index is 12.5. The Morgan fingerprint density at radius 3 is 2.33 bits per heavy atom. The molecule has 0 radical (unpaired) electrons. The molecule has 2 aromatic carbocycles. The van der Waals surface area contributed by atoms with Gasteiger partial charge in [0.05, 0.1) is 6.04 Å². The molecule has 0 aromatic heterocycles. The summed E-state index contributed by atoms with van der Waals surface area (Å²) >= 11 is 6.40. The lowest BCUT2D eigenvalue weighted by atomic mass is 10.0. The van der Waals surface area contributed by atoms with Gasteiger partial charge in [0, 0.05) is 17.1 Å². The van der Waals surface area contributed by atoms with E-state index in [2.05, 4.69) is 24.1 Å². The molecule has 4 heteroatoms. The van der Waals surface area contributed by atoms with E-state index >= 15 is 0 Å². The Balaban J connectivity index is 2.19. The number of hydrogen-bond donors (Lipinski definition) is 1. The average molecular weight is 345 g/mol. The minimum atomic E-state index is -0.0442. The molecule has 1 unspecified atom stereocenters. The van der Waals surface area contributed by atoms with Crippen molar-refractivity contribution in [2.75, 3.05) is 19.6 Å². The fourth-order valence-electron chi connectivity index (χ4n) is 2.96. The fraction of sp³-hybridized carbons (Fsp3) is 0.350. The van der Waals surface area contributed by atoms with Gasteiger partial charge in [0.25, 0.3) is 5.91 Å². The zero-order chi connectivity index (χ0) is 17.5. The van der Waals surface area contributed by atoms with Gasteiger partial charge in [-0.05, 0) is 43.3 Å². The third kappa shape index (κ3) is 4.37. The molecule has 0 spiro atoms. The van der Waals surface area contributed by atoms with Gasteiger partial charge in [0.15, 0.2) is 0 Å². The molecule has 0 fully saturated rings. The molecule has 0 aliphatic rings. The van der Waals surface area contributed by atoms with Crippen LogP contribution in [-0.4, -0.2) is 30.4 Å². The number of benzene rings is 2. The summed E-state index contributed by atoms with van der Waals surface area (Å²) in [4.78, 5) is 14.8. The molecule has 24 heavy (non-hydrogen) atoms. The van der Waals surface area contributed by atoms with E-state index in [1.54, 1.807) is 0 Å². The lowest BCUT2D eigenvalue weighted by Gasteiger charge is -2.31. The number of halogens is 1. The number of nitrogens with zero attached hydrogens (tertiary/aromatic N) is 1. The predicted molar refractivity (Wildman–Crippen MR) is 101 cm³/mol. The molecule has 0 aliphatic heterocycles. The summed E-state index contributed by atoms with van der Waals surface area (Å²) < 4.78 is 0. The van der Waals surface area contributed by atoms with E-state index < -0.39 is 0 Å². The minimum absolute atomic E-state index is 0.0442. The van der Waals surface area contributed by atoms with Crippen LogP contribution < -0.4 is 5.32 Å². The molecule has 128 valence electrons. The van der Waals surface area contributed by atoms with E-state index in [1.165, 1.54) is 0 Å². The number of carbonyl (C=O) groups excluding carboxylic acids is 1. The van der Waals surface area contributed by atoms with Gasteiger partial charge in [-0.2, -0.15) is 0 Å². The van der Waals surface area contributed by atoms with Crippen molar-refractivity contribution in [1.82, 2.24) is 10.2 Å². The van der Waals surface area contributed by atoms with Crippen LogP contribution in [0.1, 0.15) is 41.4 Å². The largest absolute Gasteiger partial charge is 0.350 e. The van der Waals surface area contributed by atoms with Crippen LogP contribution in [0.5, 0.6) is 0 Å². The van der Waals surface area contributed by atoms with Crippen LogP contribution in [0.2, 0.25) is 5.02 Å². The summed E-state index contributed by atoms with van der Waals surface area (Å²) in [6, 6.07) is 15.5. The number of carbonyl (C=O) groups is 1. The van der Waals surface area contributed by atoms with Crippen molar-refractivity contribution >= 4 is 17.5 Å². The van der Waals surface area contributed by atoms with Gasteiger partial charge < -0.3 is 5.32 Å².